The van der Waals surface area contributed by atoms with Gasteiger partial charge in [-0.3, -0.25) is 4.98 Å². The van der Waals surface area contributed by atoms with Crippen LogP contribution < -0.4 is 0 Å². The highest BCUT2D eigenvalue weighted by Crippen LogP contribution is 2.49. The number of halogens is 24. The van der Waals surface area contributed by atoms with Gasteiger partial charge < -0.3 is 9.13 Å². The molecule has 3 heterocycles. The minimum Gasteiger partial charge on any atom is -0.309 e. The van der Waals surface area contributed by atoms with Crippen LogP contribution >= 0.6 is 0 Å². The van der Waals surface area contributed by atoms with Crippen LogP contribution in [0.5, 0.6) is 0 Å². The topological polar surface area (TPSA) is 46.5 Å². The average molecular weight is 1390 g/mol. The molecular weight excluding hydrogens is 1350 g/mol. The predicted octanol–water partition coefficient (Wildman–Crippen LogP) is 24.2. The molecule has 28 heteroatoms. The summed E-state index contributed by atoms with van der Waals surface area (Å²) >= 11 is 0. The molecule has 0 aliphatic carbocycles. The van der Waals surface area contributed by atoms with Crippen LogP contribution in [0.15, 0.2) is 170 Å². The van der Waals surface area contributed by atoms with E-state index in [1.807, 2.05) is 6.07 Å². The van der Waals surface area contributed by atoms with Gasteiger partial charge in [-0.1, -0.05) is 48.5 Å². The van der Waals surface area contributed by atoms with Gasteiger partial charge in [0.1, 0.15) is 6.07 Å². The summed E-state index contributed by atoms with van der Waals surface area (Å²) in [5.41, 5.74) is -19.6. The average Bonchev–Trinajstić information content (AvgIpc) is 1.55. The third kappa shape index (κ3) is 12.7. The lowest BCUT2D eigenvalue weighted by molar-refractivity contribution is -0.144. The van der Waals surface area contributed by atoms with E-state index in [1.165, 1.54) is 65.4 Å². The predicted molar refractivity (Wildman–Crippen MR) is 314 cm³/mol. The number of hydrogen-bond acceptors (Lipinski definition) is 2. The molecule has 0 spiro atoms. The molecule has 4 nitrogen and oxygen atoms in total. The van der Waals surface area contributed by atoms with E-state index >= 15 is 0 Å². The summed E-state index contributed by atoms with van der Waals surface area (Å²) in [5, 5.41) is 11.7. The molecule has 0 bridgehead atoms. The van der Waals surface area contributed by atoms with Crippen LogP contribution in [0.4, 0.5) is 105 Å². The number of aryl methyl sites for hydroxylation is 2. The molecule has 0 amide bonds. The molecule has 0 unspecified atom stereocenters. The fraction of sp³-hybridized carbons (Fsp3) is 0.143. The van der Waals surface area contributed by atoms with Crippen molar-refractivity contribution in [1.29, 1.82) is 5.26 Å². The standard InChI is InChI=1S/C70H34F24N4/c1-32-11-42(12-33(2)96-32)56-30-57(97-58-21-34(38-13-44(63(71,72)73)26-45(14-38)64(74,75)76)3-7-52(58)53-8-4-35(22-59(53)97)39-15-46(65(77,78)79)27-47(16-39)66(80,81)82)43(31-95)25-62(56)98-60-23-36(40-17-48(67(83,84)85)28-49(18-40)68(86,87)88)5-9-54(60)55-10-6-37(24-61(55)98)41-19-50(69(89,90)91)29-51(20-41)70(92,93)94/h3-30H,1-2H3. The second-order valence-corrected chi connectivity index (χ2v) is 22.9. The Balaban J connectivity index is 1.23. The molecule has 0 aliphatic rings. The monoisotopic (exact) mass is 1390 g/mol. The zero-order valence-electron chi connectivity index (χ0n) is 49.0. The fourth-order valence-corrected chi connectivity index (χ4v) is 12.0. The quantitative estimate of drug-likeness (QED) is 0.149. The molecule has 0 atom stereocenters. The van der Waals surface area contributed by atoms with Crippen molar-refractivity contribution in [2.75, 3.05) is 0 Å². The zero-order chi connectivity index (χ0) is 71.3. The Bertz CT molecular complexity index is 4890. The SMILES string of the molecule is Cc1cc(-c2cc(-n3c4cc(-c5cc(C(F)(F)F)cc(C(F)(F)F)c5)ccc4c4ccc(-c5cc(C(F)(F)F)cc(C(F)(F)F)c5)cc43)c(C#N)cc2-n2c3cc(-c4cc(C(F)(F)F)cc(C(F)(F)F)c4)ccc3c3ccc(-c4cc(C(F)(F)F)cc(C(F)(F)F)c4)cc32)cc(C)n1. The van der Waals surface area contributed by atoms with Crippen LogP contribution in [0, 0.1) is 25.2 Å². The Hall–Kier alpha value is -10.5. The lowest BCUT2D eigenvalue weighted by Crippen LogP contribution is -2.11. The first-order valence-corrected chi connectivity index (χ1v) is 28.2. The first kappa shape index (κ1) is 67.5. The first-order chi connectivity index (χ1) is 45.3. The molecule has 0 radical (unpaired) electrons. The highest BCUT2D eigenvalue weighted by atomic mass is 19.4. The molecule has 12 aromatic rings. The van der Waals surface area contributed by atoms with Gasteiger partial charge in [0, 0.05) is 38.5 Å². The van der Waals surface area contributed by atoms with Crippen molar-refractivity contribution >= 4 is 43.6 Å². The molecule has 0 aliphatic heterocycles. The highest BCUT2D eigenvalue weighted by Gasteiger charge is 2.42. The summed E-state index contributed by atoms with van der Waals surface area (Å²) in [6.07, 6.45) is -43.0. The van der Waals surface area contributed by atoms with Gasteiger partial charge in [-0.2, -0.15) is 111 Å². The summed E-state index contributed by atoms with van der Waals surface area (Å²) < 4.78 is 349. The summed E-state index contributed by atoms with van der Waals surface area (Å²) in [5.74, 6) is 0. The molecule has 98 heavy (non-hydrogen) atoms. The number of nitriles is 1. The normalized spacial score (nSPS) is 13.2. The van der Waals surface area contributed by atoms with E-state index in [-0.39, 0.29) is 124 Å². The van der Waals surface area contributed by atoms with Crippen molar-refractivity contribution in [3.05, 3.63) is 231 Å². The maximum Gasteiger partial charge on any atom is 0.416 e. The van der Waals surface area contributed by atoms with E-state index in [1.54, 1.807) is 0 Å². The van der Waals surface area contributed by atoms with E-state index in [4.69, 9.17) is 0 Å². The van der Waals surface area contributed by atoms with Gasteiger partial charge in [0.05, 0.1) is 83.5 Å². The summed E-state index contributed by atoms with van der Waals surface area (Å²) in [4.78, 5) is 4.42. The molecule has 0 saturated heterocycles. The second-order valence-electron chi connectivity index (χ2n) is 22.9. The van der Waals surface area contributed by atoms with E-state index in [9.17, 15) is 111 Å². The number of hydrogen-bond donors (Lipinski definition) is 0. The van der Waals surface area contributed by atoms with Crippen LogP contribution in [0.3, 0.4) is 0 Å². The first-order valence-electron chi connectivity index (χ1n) is 28.2. The minimum atomic E-state index is -5.38. The van der Waals surface area contributed by atoms with Crippen molar-refractivity contribution in [1.82, 2.24) is 14.1 Å². The third-order valence-corrected chi connectivity index (χ3v) is 16.3. The Morgan fingerprint density at radius 1 is 0.265 bits per heavy atom. The Morgan fingerprint density at radius 3 is 0.724 bits per heavy atom. The van der Waals surface area contributed by atoms with Gasteiger partial charge in [-0.25, -0.2) is 0 Å². The molecule has 0 saturated carbocycles. The van der Waals surface area contributed by atoms with E-state index in [0.717, 1.165) is 54.6 Å². The van der Waals surface area contributed by atoms with E-state index < -0.39 is 122 Å². The van der Waals surface area contributed by atoms with Crippen molar-refractivity contribution in [3.63, 3.8) is 0 Å². The fourth-order valence-electron chi connectivity index (χ4n) is 12.0. The van der Waals surface area contributed by atoms with Gasteiger partial charge in [-0.15, -0.1) is 0 Å². The number of benzene rings is 9. The van der Waals surface area contributed by atoms with Crippen molar-refractivity contribution < 1.29 is 105 Å². The lowest BCUT2D eigenvalue weighted by atomic mass is 9.97. The Labute approximate surface area is 534 Å². The minimum absolute atomic E-state index is 0.0393. The van der Waals surface area contributed by atoms with Crippen LogP contribution in [-0.4, -0.2) is 14.1 Å². The number of fused-ring (bicyclic) bond motifs is 6. The molecular formula is C70H34F24N4. The van der Waals surface area contributed by atoms with Gasteiger partial charge in [-0.05, 0) is 185 Å². The van der Waals surface area contributed by atoms with Gasteiger partial charge in [0.25, 0.3) is 0 Å². The maximum atomic E-state index is 14.5. The smallest absolute Gasteiger partial charge is 0.309 e. The third-order valence-electron chi connectivity index (χ3n) is 16.3. The Kier molecular flexibility index (Phi) is 15.7. The van der Waals surface area contributed by atoms with Crippen molar-refractivity contribution in [2.45, 2.75) is 63.3 Å². The largest absolute Gasteiger partial charge is 0.416 e. The number of rotatable bonds is 7. The molecule has 3 aromatic heterocycles. The maximum absolute atomic E-state index is 14.5. The van der Waals surface area contributed by atoms with Crippen LogP contribution in [0.25, 0.3) is 111 Å². The van der Waals surface area contributed by atoms with Gasteiger partial charge in [0.15, 0.2) is 0 Å². The number of aromatic nitrogens is 3. The molecule has 12 rings (SSSR count). The number of alkyl halides is 24. The molecule has 502 valence electrons. The van der Waals surface area contributed by atoms with E-state index in [0.29, 0.717) is 48.5 Å². The molecule has 0 fully saturated rings. The second kappa shape index (κ2) is 22.8. The van der Waals surface area contributed by atoms with Gasteiger partial charge in [0.2, 0.25) is 0 Å². The number of pyridine rings is 1. The van der Waals surface area contributed by atoms with Crippen molar-refractivity contribution in [2.24, 2.45) is 0 Å². The number of nitrogens with zero attached hydrogens (tertiary/aromatic N) is 4. The van der Waals surface area contributed by atoms with Crippen LogP contribution in [0.1, 0.15) is 61.5 Å². The molecule has 0 N–H and O–H groups in total. The summed E-state index contributed by atoms with van der Waals surface area (Å²) in [7, 11) is 0. The highest BCUT2D eigenvalue weighted by molar-refractivity contribution is 6.13. The lowest BCUT2D eigenvalue weighted by Gasteiger charge is -2.20. The van der Waals surface area contributed by atoms with Crippen LogP contribution in [-0.2, 0) is 49.4 Å². The van der Waals surface area contributed by atoms with Gasteiger partial charge >= 0.3 is 49.4 Å². The summed E-state index contributed by atoms with van der Waals surface area (Å²) in [6, 6.07) is 23.6. The van der Waals surface area contributed by atoms with Crippen LogP contribution in [0.2, 0.25) is 0 Å². The van der Waals surface area contributed by atoms with Crippen molar-refractivity contribution in [3.8, 4) is 73.1 Å². The Morgan fingerprint density at radius 2 is 0.500 bits per heavy atom. The van der Waals surface area contributed by atoms with E-state index in [2.05, 4.69) is 4.98 Å². The summed E-state index contributed by atoms with van der Waals surface area (Å²) in [6.45, 7) is 3.00. The zero-order valence-corrected chi connectivity index (χ0v) is 49.0. The molecule has 9 aromatic carbocycles.